The van der Waals surface area contributed by atoms with E-state index in [1.807, 2.05) is 0 Å². The van der Waals surface area contributed by atoms with Crippen molar-refractivity contribution in [1.82, 2.24) is 4.98 Å². The van der Waals surface area contributed by atoms with Gasteiger partial charge in [0.15, 0.2) is 5.69 Å². The van der Waals surface area contributed by atoms with Crippen LogP contribution in [0.1, 0.15) is 16.1 Å². The van der Waals surface area contributed by atoms with Crippen LogP contribution in [0.25, 0.3) is 0 Å². The first-order valence-corrected chi connectivity index (χ1v) is 6.19. The lowest BCUT2D eigenvalue weighted by atomic mass is 10.2. The maximum absolute atomic E-state index is 12.1. The summed E-state index contributed by atoms with van der Waals surface area (Å²) in [6.07, 6.45) is -4.91. The van der Waals surface area contributed by atoms with Crippen LogP contribution in [-0.4, -0.2) is 22.4 Å². The van der Waals surface area contributed by atoms with Gasteiger partial charge in [0.05, 0.1) is 3.57 Å². The molecule has 1 aromatic rings. The van der Waals surface area contributed by atoms with E-state index in [0.717, 1.165) is 0 Å². The first kappa shape index (κ1) is 14.5. The summed E-state index contributed by atoms with van der Waals surface area (Å²) in [5.74, 6) is -2.18. The predicted octanol–water partition coefficient (Wildman–Crippen LogP) is 3.18. The highest BCUT2D eigenvalue weighted by atomic mass is 127. The van der Waals surface area contributed by atoms with E-state index in [1.165, 1.54) is 6.07 Å². The van der Waals surface area contributed by atoms with Gasteiger partial charge in [0.2, 0.25) is 5.88 Å². The number of alkyl halides is 4. The van der Waals surface area contributed by atoms with Gasteiger partial charge < -0.3 is 9.84 Å². The fourth-order valence-corrected chi connectivity index (χ4v) is 2.48. The number of carbonyl (C=O) groups is 1. The molecule has 0 saturated carbocycles. The first-order chi connectivity index (χ1) is 7.74. The van der Waals surface area contributed by atoms with Gasteiger partial charge in [-0.1, -0.05) is 15.9 Å². The SMILES string of the molecule is O=C(O)c1cc(CBr)c(I)c(OC(F)(F)F)n1. The number of hydrogen-bond acceptors (Lipinski definition) is 3. The van der Waals surface area contributed by atoms with Gasteiger partial charge in [-0.15, -0.1) is 13.2 Å². The Kier molecular flexibility index (Phi) is 4.58. The summed E-state index contributed by atoms with van der Waals surface area (Å²) in [4.78, 5) is 14.0. The zero-order chi connectivity index (χ0) is 13.2. The molecular weight excluding hydrogens is 422 g/mol. The third kappa shape index (κ3) is 3.98. The second kappa shape index (κ2) is 5.38. The highest BCUT2D eigenvalue weighted by Crippen LogP contribution is 2.29. The van der Waals surface area contributed by atoms with Crippen LogP contribution >= 0.6 is 38.5 Å². The van der Waals surface area contributed by atoms with Gasteiger partial charge >= 0.3 is 12.3 Å². The van der Waals surface area contributed by atoms with Crippen molar-refractivity contribution in [3.05, 3.63) is 20.9 Å². The average Bonchev–Trinajstić information content (AvgIpc) is 2.18. The third-order valence-corrected chi connectivity index (χ3v) is 3.34. The number of nitrogens with zero attached hydrogens (tertiary/aromatic N) is 1. The molecule has 0 aliphatic rings. The van der Waals surface area contributed by atoms with Crippen LogP contribution in [0.3, 0.4) is 0 Å². The van der Waals surface area contributed by atoms with Gasteiger partial charge in [-0.2, -0.15) is 0 Å². The van der Waals surface area contributed by atoms with Crippen LogP contribution in [0.15, 0.2) is 6.07 Å². The van der Waals surface area contributed by atoms with E-state index < -0.39 is 23.9 Å². The summed E-state index contributed by atoms with van der Waals surface area (Å²) >= 11 is 4.65. The number of rotatable bonds is 3. The van der Waals surface area contributed by atoms with Crippen molar-refractivity contribution in [2.24, 2.45) is 0 Å². The van der Waals surface area contributed by atoms with Gasteiger partial charge in [-0.05, 0) is 34.2 Å². The molecule has 0 radical (unpaired) electrons. The smallest absolute Gasteiger partial charge is 0.477 e. The normalized spacial score (nSPS) is 11.4. The summed E-state index contributed by atoms with van der Waals surface area (Å²) in [5, 5.41) is 8.90. The summed E-state index contributed by atoms with van der Waals surface area (Å²) < 4.78 is 40.0. The molecule has 1 N–H and O–H groups in total. The quantitative estimate of drug-likeness (QED) is 0.597. The fraction of sp³-hybridized carbons (Fsp3) is 0.250. The van der Waals surface area contributed by atoms with E-state index >= 15 is 0 Å². The van der Waals surface area contributed by atoms with E-state index in [9.17, 15) is 18.0 Å². The van der Waals surface area contributed by atoms with Crippen molar-refractivity contribution in [2.45, 2.75) is 11.7 Å². The molecule has 0 aromatic carbocycles. The van der Waals surface area contributed by atoms with Crippen molar-refractivity contribution in [2.75, 3.05) is 0 Å². The van der Waals surface area contributed by atoms with Crippen molar-refractivity contribution in [3.63, 3.8) is 0 Å². The van der Waals surface area contributed by atoms with Crippen LogP contribution in [0.5, 0.6) is 5.88 Å². The Balaban J connectivity index is 3.28. The molecule has 9 heteroatoms. The summed E-state index contributed by atoms with van der Waals surface area (Å²) in [6, 6.07) is 1.18. The minimum absolute atomic E-state index is 0.113. The van der Waals surface area contributed by atoms with Crippen LogP contribution in [0.4, 0.5) is 13.2 Å². The van der Waals surface area contributed by atoms with E-state index in [-0.39, 0.29) is 8.90 Å². The van der Waals surface area contributed by atoms with Crippen LogP contribution in [-0.2, 0) is 5.33 Å². The van der Waals surface area contributed by atoms with E-state index in [2.05, 4.69) is 25.7 Å². The predicted molar refractivity (Wildman–Crippen MR) is 63.2 cm³/mol. The summed E-state index contributed by atoms with van der Waals surface area (Å²) in [6.45, 7) is 0. The molecule has 0 aliphatic carbocycles. The lowest BCUT2D eigenvalue weighted by molar-refractivity contribution is -0.276. The molecule has 0 amide bonds. The molecule has 0 bridgehead atoms. The topological polar surface area (TPSA) is 59.4 Å². The minimum atomic E-state index is -4.91. The van der Waals surface area contributed by atoms with E-state index in [4.69, 9.17) is 5.11 Å². The maximum atomic E-state index is 12.1. The largest absolute Gasteiger partial charge is 0.574 e. The number of carboxylic acid groups (broad SMARTS) is 1. The van der Waals surface area contributed by atoms with Gasteiger partial charge in [-0.25, -0.2) is 9.78 Å². The van der Waals surface area contributed by atoms with Crippen LogP contribution in [0, 0.1) is 3.57 Å². The second-order valence-corrected chi connectivity index (χ2v) is 4.41. The zero-order valence-electron chi connectivity index (χ0n) is 7.89. The van der Waals surface area contributed by atoms with Gasteiger partial charge in [0.1, 0.15) is 0 Å². The van der Waals surface area contributed by atoms with Crippen molar-refractivity contribution in [1.29, 1.82) is 0 Å². The number of hydrogen-bond donors (Lipinski definition) is 1. The monoisotopic (exact) mass is 425 g/mol. The lowest BCUT2D eigenvalue weighted by Gasteiger charge is -2.12. The Hall–Kier alpha value is -0.580. The van der Waals surface area contributed by atoms with Gasteiger partial charge in [-0.3, -0.25) is 0 Å². The third-order valence-electron chi connectivity index (χ3n) is 1.58. The molecule has 0 spiro atoms. The number of ether oxygens (including phenoxy) is 1. The van der Waals surface area contributed by atoms with Crippen molar-refractivity contribution in [3.8, 4) is 5.88 Å². The van der Waals surface area contributed by atoms with E-state index in [1.54, 1.807) is 22.6 Å². The summed E-state index contributed by atoms with van der Waals surface area (Å²) in [7, 11) is 0. The summed E-state index contributed by atoms with van der Waals surface area (Å²) in [5.41, 5.74) is -0.142. The standard InChI is InChI=1S/C8H4BrF3INO3/c9-2-3-1-4(7(15)16)14-6(5(3)13)17-8(10,11)12/h1H,2H2,(H,15,16). The molecule has 17 heavy (non-hydrogen) atoms. The molecule has 0 unspecified atom stereocenters. The minimum Gasteiger partial charge on any atom is -0.477 e. The molecule has 1 rings (SSSR count). The molecule has 0 saturated heterocycles. The molecule has 1 aromatic heterocycles. The molecule has 94 valence electrons. The Bertz CT molecular complexity index is 452. The van der Waals surface area contributed by atoms with E-state index in [0.29, 0.717) is 5.56 Å². The first-order valence-electron chi connectivity index (χ1n) is 3.99. The zero-order valence-corrected chi connectivity index (χ0v) is 11.6. The van der Waals surface area contributed by atoms with Crippen molar-refractivity contribution >= 4 is 44.5 Å². The number of aromatic carboxylic acids is 1. The maximum Gasteiger partial charge on any atom is 0.574 e. The number of carboxylic acids is 1. The molecular formula is C8H4BrF3INO3. The van der Waals surface area contributed by atoms with Crippen LogP contribution in [0.2, 0.25) is 0 Å². The van der Waals surface area contributed by atoms with Gasteiger partial charge in [0, 0.05) is 5.33 Å². The Morgan fingerprint density at radius 3 is 2.59 bits per heavy atom. The molecule has 4 nitrogen and oxygen atoms in total. The Morgan fingerprint density at radius 1 is 1.59 bits per heavy atom. The van der Waals surface area contributed by atoms with Crippen molar-refractivity contribution < 1.29 is 27.8 Å². The van der Waals surface area contributed by atoms with Crippen LogP contribution < -0.4 is 4.74 Å². The second-order valence-electron chi connectivity index (χ2n) is 2.77. The number of halogens is 5. The average molecular weight is 426 g/mol. The number of aromatic nitrogens is 1. The Labute approximate surface area is 115 Å². The molecule has 1 heterocycles. The fourth-order valence-electron chi connectivity index (χ4n) is 0.941. The Morgan fingerprint density at radius 2 is 2.18 bits per heavy atom. The number of pyridine rings is 1. The van der Waals surface area contributed by atoms with Gasteiger partial charge in [0.25, 0.3) is 0 Å². The highest BCUT2D eigenvalue weighted by Gasteiger charge is 2.33. The lowest BCUT2D eigenvalue weighted by Crippen LogP contribution is -2.20. The molecule has 0 atom stereocenters. The highest BCUT2D eigenvalue weighted by molar-refractivity contribution is 14.1. The molecule has 0 fully saturated rings. The molecule has 0 aliphatic heterocycles.